The van der Waals surface area contributed by atoms with Gasteiger partial charge in [-0.25, -0.2) is 4.39 Å². The molecule has 0 aromatic heterocycles. The van der Waals surface area contributed by atoms with Crippen LogP contribution in [0, 0.1) is 5.82 Å². The number of aryl methyl sites for hydroxylation is 1. The first-order chi connectivity index (χ1) is 11.0. The van der Waals surface area contributed by atoms with Gasteiger partial charge in [0.2, 0.25) is 0 Å². The number of rotatable bonds is 6. The van der Waals surface area contributed by atoms with E-state index in [2.05, 4.69) is 0 Å². The molecule has 0 saturated carbocycles. The molecule has 0 aliphatic heterocycles. The third-order valence-corrected chi connectivity index (χ3v) is 3.73. The zero-order valence-corrected chi connectivity index (χ0v) is 13.8. The molecule has 0 radical (unpaired) electrons. The average molecular weight is 337 g/mol. The minimum absolute atomic E-state index is 0.0803. The summed E-state index contributed by atoms with van der Waals surface area (Å²) in [5.41, 5.74) is 1.18. The summed E-state index contributed by atoms with van der Waals surface area (Å²) in [6.45, 7) is 3.68. The smallest absolute Gasteiger partial charge is 0.310 e. The maximum atomic E-state index is 13.8. The second-order valence-corrected chi connectivity index (χ2v) is 5.35. The number of benzene rings is 2. The van der Waals surface area contributed by atoms with Gasteiger partial charge in [-0.1, -0.05) is 37.6 Å². The van der Waals surface area contributed by atoms with Crippen molar-refractivity contribution in [1.29, 1.82) is 0 Å². The molecular weight excluding hydrogens is 319 g/mol. The fraction of sp³-hybridized carbons (Fsp3) is 0.278. The van der Waals surface area contributed by atoms with Crippen LogP contribution in [-0.4, -0.2) is 5.97 Å². The van der Waals surface area contributed by atoms with E-state index in [0.29, 0.717) is 34.1 Å². The molecule has 122 valence electrons. The largest absolute Gasteiger partial charge is 0.489 e. The summed E-state index contributed by atoms with van der Waals surface area (Å²) in [7, 11) is 0. The average Bonchev–Trinajstić information content (AvgIpc) is 2.54. The van der Waals surface area contributed by atoms with Gasteiger partial charge in [0.15, 0.2) is 0 Å². The van der Waals surface area contributed by atoms with E-state index in [-0.39, 0.29) is 24.8 Å². The van der Waals surface area contributed by atoms with Crippen molar-refractivity contribution in [3.63, 3.8) is 0 Å². The number of halogens is 2. The van der Waals surface area contributed by atoms with Gasteiger partial charge in [0.25, 0.3) is 0 Å². The van der Waals surface area contributed by atoms with Crippen LogP contribution in [0.3, 0.4) is 0 Å². The Labute approximate surface area is 140 Å². The van der Waals surface area contributed by atoms with Crippen LogP contribution < -0.4 is 9.47 Å². The molecule has 3 nitrogen and oxygen atoms in total. The van der Waals surface area contributed by atoms with E-state index in [1.807, 2.05) is 6.92 Å². The fourth-order valence-corrected chi connectivity index (χ4v) is 2.25. The molecule has 0 spiro atoms. The first-order valence-corrected chi connectivity index (χ1v) is 7.82. The molecule has 0 unspecified atom stereocenters. The van der Waals surface area contributed by atoms with E-state index < -0.39 is 0 Å². The van der Waals surface area contributed by atoms with Crippen molar-refractivity contribution < 1.29 is 18.7 Å². The van der Waals surface area contributed by atoms with Crippen molar-refractivity contribution in [2.75, 3.05) is 0 Å². The predicted octanol–water partition coefficient (Wildman–Crippen LogP) is 4.94. The number of hydrogen-bond acceptors (Lipinski definition) is 3. The number of carbonyl (C=O) groups is 1. The molecular formula is C18H18ClFO3. The zero-order valence-electron chi connectivity index (χ0n) is 13.1. The normalized spacial score (nSPS) is 10.4. The third kappa shape index (κ3) is 4.45. The minimum atomic E-state index is -0.355. The highest BCUT2D eigenvalue weighted by atomic mass is 35.5. The Morgan fingerprint density at radius 1 is 1.22 bits per heavy atom. The molecule has 2 aromatic rings. The SMILES string of the molecule is CCC(=O)Oc1cccc(Cl)c1COc1ccc(CC)c(F)c1. The van der Waals surface area contributed by atoms with E-state index in [4.69, 9.17) is 21.1 Å². The van der Waals surface area contributed by atoms with Gasteiger partial charge in [-0.3, -0.25) is 4.79 Å². The molecule has 5 heteroatoms. The lowest BCUT2D eigenvalue weighted by atomic mass is 10.1. The van der Waals surface area contributed by atoms with Crippen molar-refractivity contribution in [2.24, 2.45) is 0 Å². The van der Waals surface area contributed by atoms with E-state index in [0.717, 1.165) is 0 Å². The summed E-state index contributed by atoms with van der Waals surface area (Å²) < 4.78 is 24.6. The highest BCUT2D eigenvalue weighted by Crippen LogP contribution is 2.28. The van der Waals surface area contributed by atoms with Crippen molar-refractivity contribution >= 4 is 17.6 Å². The van der Waals surface area contributed by atoms with Crippen LogP contribution in [0.15, 0.2) is 36.4 Å². The molecule has 2 rings (SSSR count). The Morgan fingerprint density at radius 2 is 2.00 bits per heavy atom. The fourth-order valence-electron chi connectivity index (χ4n) is 2.03. The number of carbonyl (C=O) groups excluding carboxylic acids is 1. The van der Waals surface area contributed by atoms with Crippen molar-refractivity contribution in [2.45, 2.75) is 33.3 Å². The maximum absolute atomic E-state index is 13.8. The minimum Gasteiger partial charge on any atom is -0.489 e. The Balaban J connectivity index is 2.16. The first-order valence-electron chi connectivity index (χ1n) is 7.44. The molecule has 0 heterocycles. The molecule has 0 amide bonds. The topological polar surface area (TPSA) is 35.5 Å². The van der Waals surface area contributed by atoms with Gasteiger partial charge in [-0.2, -0.15) is 0 Å². The number of hydrogen-bond donors (Lipinski definition) is 0. The summed E-state index contributed by atoms with van der Waals surface area (Å²) in [5, 5.41) is 0.428. The number of ether oxygens (including phenoxy) is 2. The van der Waals surface area contributed by atoms with Crippen LogP contribution in [0.4, 0.5) is 4.39 Å². The molecule has 0 aliphatic rings. The standard InChI is InChI=1S/C18H18ClFO3/c1-3-12-8-9-13(10-16(12)20)22-11-14-15(19)6-5-7-17(14)23-18(21)4-2/h5-10H,3-4,11H2,1-2H3. The molecule has 0 saturated heterocycles. The highest BCUT2D eigenvalue weighted by molar-refractivity contribution is 6.31. The van der Waals surface area contributed by atoms with Gasteiger partial charge >= 0.3 is 5.97 Å². The lowest BCUT2D eigenvalue weighted by molar-refractivity contribution is -0.134. The van der Waals surface area contributed by atoms with Gasteiger partial charge < -0.3 is 9.47 Å². The van der Waals surface area contributed by atoms with Gasteiger partial charge in [-0.05, 0) is 30.2 Å². The molecule has 23 heavy (non-hydrogen) atoms. The van der Waals surface area contributed by atoms with E-state index in [1.54, 1.807) is 37.3 Å². The summed E-state index contributed by atoms with van der Waals surface area (Å²) in [6, 6.07) is 9.77. The van der Waals surface area contributed by atoms with Crippen molar-refractivity contribution in [1.82, 2.24) is 0 Å². The Morgan fingerprint density at radius 3 is 2.65 bits per heavy atom. The summed E-state index contributed by atoms with van der Waals surface area (Å²) in [6.07, 6.45) is 0.879. The molecule has 0 aliphatic carbocycles. The van der Waals surface area contributed by atoms with Crippen LogP contribution in [0.5, 0.6) is 11.5 Å². The van der Waals surface area contributed by atoms with E-state index >= 15 is 0 Å². The highest BCUT2D eigenvalue weighted by Gasteiger charge is 2.12. The van der Waals surface area contributed by atoms with Crippen LogP contribution in [0.25, 0.3) is 0 Å². The molecule has 0 N–H and O–H groups in total. The third-order valence-electron chi connectivity index (χ3n) is 3.38. The Hall–Kier alpha value is -2.07. The summed E-state index contributed by atoms with van der Waals surface area (Å²) in [5.74, 6) is 0.0936. The Bertz CT molecular complexity index is 701. The second-order valence-electron chi connectivity index (χ2n) is 4.94. The van der Waals surface area contributed by atoms with Gasteiger partial charge in [0.05, 0.1) is 10.6 Å². The second kappa shape index (κ2) is 7.97. The van der Waals surface area contributed by atoms with Crippen LogP contribution in [0.2, 0.25) is 5.02 Å². The Kier molecular flexibility index (Phi) is 5.99. The first kappa shape index (κ1) is 17.3. The lowest BCUT2D eigenvalue weighted by Crippen LogP contribution is -2.09. The molecule has 0 atom stereocenters. The van der Waals surface area contributed by atoms with Gasteiger partial charge in [0.1, 0.15) is 23.9 Å². The number of esters is 1. The maximum Gasteiger partial charge on any atom is 0.310 e. The monoisotopic (exact) mass is 336 g/mol. The summed E-state index contributed by atoms with van der Waals surface area (Å²) >= 11 is 6.16. The van der Waals surface area contributed by atoms with Gasteiger partial charge in [0, 0.05) is 12.5 Å². The lowest BCUT2D eigenvalue weighted by Gasteiger charge is -2.13. The van der Waals surface area contributed by atoms with Crippen LogP contribution in [0.1, 0.15) is 31.4 Å². The summed E-state index contributed by atoms with van der Waals surface area (Å²) in [4.78, 5) is 11.5. The van der Waals surface area contributed by atoms with E-state index in [9.17, 15) is 9.18 Å². The van der Waals surface area contributed by atoms with Crippen molar-refractivity contribution in [3.8, 4) is 11.5 Å². The van der Waals surface area contributed by atoms with Gasteiger partial charge in [-0.15, -0.1) is 0 Å². The predicted molar refractivity (Wildman–Crippen MR) is 87.5 cm³/mol. The molecule has 0 bridgehead atoms. The zero-order chi connectivity index (χ0) is 16.8. The molecule has 0 fully saturated rings. The van der Waals surface area contributed by atoms with E-state index in [1.165, 1.54) is 6.07 Å². The van der Waals surface area contributed by atoms with Crippen LogP contribution >= 0.6 is 11.6 Å². The van der Waals surface area contributed by atoms with Crippen LogP contribution in [-0.2, 0) is 17.8 Å². The van der Waals surface area contributed by atoms with Crippen molar-refractivity contribution in [3.05, 3.63) is 58.4 Å². The quantitative estimate of drug-likeness (QED) is 0.554. The molecule has 2 aromatic carbocycles.